The second-order valence-corrected chi connectivity index (χ2v) is 6.62. The molecule has 0 aliphatic carbocycles. The zero-order valence-electron chi connectivity index (χ0n) is 17.0. The van der Waals surface area contributed by atoms with Crippen LogP contribution in [0.3, 0.4) is 0 Å². The summed E-state index contributed by atoms with van der Waals surface area (Å²) < 4.78 is 15.6. The molecule has 0 radical (unpaired) electrons. The lowest BCUT2D eigenvalue weighted by atomic mass is 9.99. The van der Waals surface area contributed by atoms with Gasteiger partial charge in [-0.15, -0.1) is 0 Å². The Balaban J connectivity index is 2.58. The quantitative estimate of drug-likeness (QED) is 0.465. The minimum atomic E-state index is -1.13. The van der Waals surface area contributed by atoms with Crippen molar-refractivity contribution < 1.29 is 28.9 Å². The first kappa shape index (κ1) is 23.9. The van der Waals surface area contributed by atoms with Gasteiger partial charge in [-0.25, -0.2) is 4.79 Å². The predicted octanol–water partition coefficient (Wildman–Crippen LogP) is 1.81. The van der Waals surface area contributed by atoms with E-state index in [2.05, 4.69) is 10.6 Å². The Labute approximate surface area is 166 Å². The van der Waals surface area contributed by atoms with Gasteiger partial charge in [-0.1, -0.05) is 44.2 Å². The minimum Gasteiger partial charge on any atom is -0.445 e. The van der Waals surface area contributed by atoms with Crippen LogP contribution in [0.1, 0.15) is 32.8 Å². The van der Waals surface area contributed by atoms with Gasteiger partial charge in [-0.2, -0.15) is 0 Å². The summed E-state index contributed by atoms with van der Waals surface area (Å²) in [5.41, 5.74) is 0.824. The lowest BCUT2D eigenvalue weighted by molar-refractivity contribution is -0.130. The third kappa shape index (κ3) is 8.69. The zero-order chi connectivity index (χ0) is 20.9. The molecule has 3 unspecified atom stereocenters. The first-order valence-electron chi connectivity index (χ1n) is 9.46. The molecule has 8 nitrogen and oxygen atoms in total. The monoisotopic (exact) mass is 396 g/mol. The molecule has 3 N–H and O–H groups in total. The number of alkyl carbamates (subject to hydrolysis) is 1. The third-order valence-corrected chi connectivity index (χ3v) is 4.09. The molecule has 2 amide bonds. The van der Waals surface area contributed by atoms with Crippen molar-refractivity contribution in [1.82, 2.24) is 10.6 Å². The molecule has 0 fully saturated rings. The van der Waals surface area contributed by atoms with Crippen LogP contribution in [0.25, 0.3) is 0 Å². The number of benzene rings is 1. The number of ether oxygens (including phenoxy) is 3. The molecule has 1 aromatic rings. The van der Waals surface area contributed by atoms with Crippen molar-refractivity contribution in [2.75, 3.05) is 20.3 Å². The van der Waals surface area contributed by atoms with Crippen molar-refractivity contribution in [2.24, 2.45) is 5.92 Å². The Morgan fingerprint density at radius 3 is 2.43 bits per heavy atom. The van der Waals surface area contributed by atoms with Gasteiger partial charge in [-0.3, -0.25) is 4.79 Å². The number of aliphatic hydroxyl groups excluding tert-OH is 1. The summed E-state index contributed by atoms with van der Waals surface area (Å²) in [6.45, 7) is 6.22. The van der Waals surface area contributed by atoms with E-state index in [0.29, 0.717) is 13.0 Å². The number of amides is 2. The smallest absolute Gasteiger partial charge is 0.408 e. The highest BCUT2D eigenvalue weighted by molar-refractivity contribution is 5.86. The Morgan fingerprint density at radius 2 is 1.86 bits per heavy atom. The fourth-order valence-corrected chi connectivity index (χ4v) is 2.46. The van der Waals surface area contributed by atoms with Crippen LogP contribution < -0.4 is 10.6 Å². The number of carbonyl (C=O) groups excluding carboxylic acids is 2. The van der Waals surface area contributed by atoms with Crippen LogP contribution in [0.5, 0.6) is 0 Å². The van der Waals surface area contributed by atoms with E-state index in [1.54, 1.807) is 13.8 Å². The number of methoxy groups -OCH3 is 1. The van der Waals surface area contributed by atoms with Gasteiger partial charge >= 0.3 is 6.09 Å². The van der Waals surface area contributed by atoms with E-state index >= 15 is 0 Å². The molecule has 0 bridgehead atoms. The summed E-state index contributed by atoms with van der Waals surface area (Å²) in [4.78, 5) is 24.6. The van der Waals surface area contributed by atoms with Crippen molar-refractivity contribution in [2.45, 2.75) is 52.2 Å². The average molecular weight is 396 g/mol. The van der Waals surface area contributed by atoms with Gasteiger partial charge in [0, 0.05) is 26.7 Å². The molecule has 0 saturated carbocycles. The van der Waals surface area contributed by atoms with Crippen LogP contribution in [0.2, 0.25) is 0 Å². The minimum absolute atomic E-state index is 0.0721. The SMILES string of the molecule is CCOC(CCNC(=O)C(NC(=O)OCc1ccccc1)C(O)C(C)C)OC. The number of hydrogen-bond acceptors (Lipinski definition) is 6. The molecular formula is C20H32N2O6. The molecule has 0 aliphatic heterocycles. The molecule has 8 heteroatoms. The Hall–Kier alpha value is -2.16. The van der Waals surface area contributed by atoms with Crippen molar-refractivity contribution in [1.29, 1.82) is 0 Å². The molecule has 1 aromatic carbocycles. The van der Waals surface area contributed by atoms with Gasteiger partial charge in [0.2, 0.25) is 5.91 Å². The van der Waals surface area contributed by atoms with Crippen LogP contribution in [-0.4, -0.2) is 55.8 Å². The highest BCUT2D eigenvalue weighted by atomic mass is 16.7. The maximum absolute atomic E-state index is 12.5. The second kappa shape index (κ2) is 13.1. The number of aliphatic hydroxyl groups is 1. The highest BCUT2D eigenvalue weighted by Gasteiger charge is 2.31. The fraction of sp³-hybridized carbons (Fsp3) is 0.600. The molecule has 0 aromatic heterocycles. The first-order chi connectivity index (χ1) is 13.4. The lowest BCUT2D eigenvalue weighted by Gasteiger charge is -2.26. The average Bonchev–Trinajstić information content (AvgIpc) is 2.69. The van der Waals surface area contributed by atoms with Crippen molar-refractivity contribution >= 4 is 12.0 Å². The van der Waals surface area contributed by atoms with Gasteiger partial charge in [-0.05, 0) is 18.4 Å². The van der Waals surface area contributed by atoms with E-state index in [1.165, 1.54) is 7.11 Å². The highest BCUT2D eigenvalue weighted by Crippen LogP contribution is 2.08. The molecule has 28 heavy (non-hydrogen) atoms. The van der Waals surface area contributed by atoms with E-state index < -0.39 is 30.4 Å². The molecule has 0 spiro atoms. The van der Waals surface area contributed by atoms with Gasteiger partial charge in [0.25, 0.3) is 0 Å². The molecule has 0 aliphatic rings. The Morgan fingerprint density at radius 1 is 1.18 bits per heavy atom. The van der Waals surface area contributed by atoms with Crippen molar-refractivity contribution in [3.63, 3.8) is 0 Å². The van der Waals surface area contributed by atoms with Gasteiger partial charge < -0.3 is 30.0 Å². The standard InChI is InChI=1S/C20H32N2O6/c1-5-27-16(26-4)11-12-21-19(24)17(18(23)14(2)3)22-20(25)28-13-15-9-7-6-8-10-15/h6-10,14,16-18,23H,5,11-13H2,1-4H3,(H,21,24)(H,22,25). The molecule has 3 atom stereocenters. The summed E-state index contributed by atoms with van der Waals surface area (Å²) in [6.07, 6.45) is -1.82. The van der Waals surface area contributed by atoms with Crippen LogP contribution in [0.4, 0.5) is 4.79 Å². The largest absolute Gasteiger partial charge is 0.445 e. The van der Waals surface area contributed by atoms with E-state index in [9.17, 15) is 14.7 Å². The maximum Gasteiger partial charge on any atom is 0.408 e. The molecule has 0 saturated heterocycles. The van der Waals surface area contributed by atoms with E-state index in [4.69, 9.17) is 14.2 Å². The van der Waals surface area contributed by atoms with Gasteiger partial charge in [0.15, 0.2) is 6.29 Å². The van der Waals surface area contributed by atoms with Gasteiger partial charge in [0.1, 0.15) is 12.6 Å². The van der Waals surface area contributed by atoms with Crippen LogP contribution in [0, 0.1) is 5.92 Å². The molecule has 1 rings (SSSR count). The summed E-state index contributed by atoms with van der Waals surface area (Å²) in [7, 11) is 1.53. The van der Waals surface area contributed by atoms with Crippen molar-refractivity contribution in [3.8, 4) is 0 Å². The topological polar surface area (TPSA) is 106 Å². The Bertz CT molecular complexity index is 581. The number of hydrogen-bond donors (Lipinski definition) is 3. The maximum atomic E-state index is 12.5. The Kier molecular flexibility index (Phi) is 11.2. The van der Waals surface area contributed by atoms with Crippen molar-refractivity contribution in [3.05, 3.63) is 35.9 Å². The zero-order valence-corrected chi connectivity index (χ0v) is 17.0. The third-order valence-electron chi connectivity index (χ3n) is 4.09. The van der Waals surface area contributed by atoms with Gasteiger partial charge in [0.05, 0.1) is 6.10 Å². The fourth-order valence-electron chi connectivity index (χ4n) is 2.46. The molecule has 158 valence electrons. The summed E-state index contributed by atoms with van der Waals surface area (Å²) in [5.74, 6) is -0.732. The summed E-state index contributed by atoms with van der Waals surface area (Å²) in [6, 6.07) is 8.06. The summed E-state index contributed by atoms with van der Waals surface area (Å²) >= 11 is 0. The first-order valence-corrected chi connectivity index (χ1v) is 9.46. The normalized spacial score (nSPS) is 14.2. The molecular weight excluding hydrogens is 364 g/mol. The lowest BCUT2D eigenvalue weighted by Crippen LogP contribution is -2.55. The number of nitrogens with one attached hydrogen (secondary N) is 2. The number of rotatable bonds is 12. The van der Waals surface area contributed by atoms with Crippen LogP contribution in [0.15, 0.2) is 30.3 Å². The van der Waals surface area contributed by atoms with E-state index in [0.717, 1.165) is 5.56 Å². The second-order valence-electron chi connectivity index (χ2n) is 6.62. The van der Waals surface area contributed by atoms with Crippen LogP contribution >= 0.6 is 0 Å². The molecule has 0 heterocycles. The van der Waals surface area contributed by atoms with E-state index in [1.807, 2.05) is 37.3 Å². The van der Waals surface area contributed by atoms with Crippen LogP contribution in [-0.2, 0) is 25.6 Å². The predicted molar refractivity (Wildman–Crippen MR) is 104 cm³/mol. The summed E-state index contributed by atoms with van der Waals surface area (Å²) in [5, 5.41) is 15.5. The van der Waals surface area contributed by atoms with E-state index in [-0.39, 0.29) is 19.1 Å². The number of carbonyl (C=O) groups is 2.